The van der Waals surface area contributed by atoms with E-state index in [1.54, 1.807) is 7.11 Å². The molecule has 1 heterocycles. The van der Waals surface area contributed by atoms with Crippen molar-refractivity contribution in [2.75, 3.05) is 20.7 Å². The van der Waals surface area contributed by atoms with Crippen molar-refractivity contribution in [1.82, 2.24) is 9.88 Å². The van der Waals surface area contributed by atoms with Crippen LogP contribution < -0.4 is 10.5 Å². The SMILES string of the molecule is COc1cccc(CN(C)C2(CN)CCCC(C)C2)n1. The van der Waals surface area contributed by atoms with Crippen molar-refractivity contribution in [2.45, 2.75) is 44.7 Å². The molecular formula is C16H27N3O. The van der Waals surface area contributed by atoms with Gasteiger partial charge < -0.3 is 10.5 Å². The van der Waals surface area contributed by atoms with Gasteiger partial charge in [0, 0.05) is 24.7 Å². The zero-order valence-corrected chi connectivity index (χ0v) is 12.9. The molecule has 2 N–H and O–H groups in total. The van der Waals surface area contributed by atoms with Crippen LogP contribution in [-0.2, 0) is 6.54 Å². The lowest BCUT2D eigenvalue weighted by Gasteiger charge is -2.46. The summed E-state index contributed by atoms with van der Waals surface area (Å²) in [4.78, 5) is 6.90. The van der Waals surface area contributed by atoms with E-state index < -0.39 is 0 Å². The van der Waals surface area contributed by atoms with Crippen LogP contribution in [0, 0.1) is 5.92 Å². The first-order valence-electron chi connectivity index (χ1n) is 7.51. The van der Waals surface area contributed by atoms with Gasteiger partial charge in [-0.3, -0.25) is 4.90 Å². The predicted molar refractivity (Wildman–Crippen MR) is 81.7 cm³/mol. The van der Waals surface area contributed by atoms with Crippen LogP contribution in [0.2, 0.25) is 0 Å². The van der Waals surface area contributed by atoms with Crippen LogP contribution in [0.15, 0.2) is 18.2 Å². The van der Waals surface area contributed by atoms with E-state index in [2.05, 4.69) is 29.9 Å². The molecule has 112 valence electrons. The van der Waals surface area contributed by atoms with E-state index >= 15 is 0 Å². The van der Waals surface area contributed by atoms with Crippen LogP contribution in [0.1, 0.15) is 38.3 Å². The van der Waals surface area contributed by atoms with E-state index in [0.29, 0.717) is 5.88 Å². The number of aromatic nitrogens is 1. The van der Waals surface area contributed by atoms with Crippen molar-refractivity contribution in [2.24, 2.45) is 11.7 Å². The standard InChI is InChI=1S/C16H27N3O/c1-13-6-5-9-16(10-13,12-17)19(2)11-14-7-4-8-15(18-14)20-3/h4,7-8,13H,5-6,9-12,17H2,1-3H3. The zero-order chi connectivity index (χ0) is 14.6. The van der Waals surface area contributed by atoms with Crippen LogP contribution in [0.4, 0.5) is 0 Å². The molecule has 0 bridgehead atoms. The Kier molecular flexibility index (Phi) is 5.00. The zero-order valence-electron chi connectivity index (χ0n) is 12.9. The number of methoxy groups -OCH3 is 1. The highest BCUT2D eigenvalue weighted by molar-refractivity contribution is 5.16. The summed E-state index contributed by atoms with van der Waals surface area (Å²) < 4.78 is 5.20. The van der Waals surface area contributed by atoms with Gasteiger partial charge >= 0.3 is 0 Å². The van der Waals surface area contributed by atoms with Gasteiger partial charge in [0.1, 0.15) is 0 Å². The lowest BCUT2D eigenvalue weighted by Crippen LogP contribution is -2.54. The normalized spacial score (nSPS) is 26.8. The molecular weight excluding hydrogens is 250 g/mol. The Hall–Kier alpha value is -1.13. The summed E-state index contributed by atoms with van der Waals surface area (Å²) in [6.45, 7) is 3.88. The minimum atomic E-state index is 0.127. The monoisotopic (exact) mass is 277 g/mol. The number of pyridine rings is 1. The molecule has 1 aromatic rings. The molecule has 0 saturated heterocycles. The van der Waals surface area contributed by atoms with Crippen molar-refractivity contribution >= 4 is 0 Å². The van der Waals surface area contributed by atoms with E-state index in [1.165, 1.54) is 25.7 Å². The van der Waals surface area contributed by atoms with Crippen molar-refractivity contribution in [3.8, 4) is 5.88 Å². The minimum absolute atomic E-state index is 0.127. The number of nitrogens with two attached hydrogens (primary N) is 1. The van der Waals surface area contributed by atoms with Crippen LogP contribution in [0.5, 0.6) is 5.88 Å². The van der Waals surface area contributed by atoms with Gasteiger partial charge in [0.15, 0.2) is 0 Å². The van der Waals surface area contributed by atoms with Gasteiger partial charge in [0.25, 0.3) is 0 Å². The largest absolute Gasteiger partial charge is 0.481 e. The van der Waals surface area contributed by atoms with Crippen LogP contribution in [-0.4, -0.2) is 36.1 Å². The number of hydrogen-bond acceptors (Lipinski definition) is 4. The second-order valence-electron chi connectivity index (χ2n) is 6.16. The van der Waals surface area contributed by atoms with Crippen LogP contribution >= 0.6 is 0 Å². The average molecular weight is 277 g/mol. The second-order valence-corrected chi connectivity index (χ2v) is 6.16. The summed E-state index contributed by atoms with van der Waals surface area (Å²) in [7, 11) is 3.83. The Bertz CT molecular complexity index is 437. The maximum absolute atomic E-state index is 6.12. The summed E-state index contributed by atoms with van der Waals surface area (Å²) in [5.41, 5.74) is 7.29. The summed E-state index contributed by atoms with van der Waals surface area (Å²) in [6, 6.07) is 5.92. The average Bonchev–Trinajstić information content (AvgIpc) is 2.47. The highest BCUT2D eigenvalue weighted by Crippen LogP contribution is 2.36. The number of ether oxygens (including phenoxy) is 1. The fourth-order valence-corrected chi connectivity index (χ4v) is 3.39. The number of rotatable bonds is 5. The van der Waals surface area contributed by atoms with Crippen molar-refractivity contribution in [3.05, 3.63) is 23.9 Å². The first-order chi connectivity index (χ1) is 9.59. The highest BCUT2D eigenvalue weighted by Gasteiger charge is 2.37. The molecule has 1 fully saturated rings. The van der Waals surface area contributed by atoms with E-state index in [1.807, 2.05) is 12.1 Å². The molecule has 20 heavy (non-hydrogen) atoms. The first-order valence-corrected chi connectivity index (χ1v) is 7.51. The van der Waals surface area contributed by atoms with Gasteiger partial charge in [0.2, 0.25) is 5.88 Å². The molecule has 0 aliphatic heterocycles. The minimum Gasteiger partial charge on any atom is -0.481 e. The molecule has 4 nitrogen and oxygen atoms in total. The molecule has 1 aliphatic carbocycles. The van der Waals surface area contributed by atoms with Crippen molar-refractivity contribution < 1.29 is 4.74 Å². The van der Waals surface area contributed by atoms with Crippen molar-refractivity contribution in [3.63, 3.8) is 0 Å². The Labute approximate surface area is 122 Å². The van der Waals surface area contributed by atoms with E-state index in [9.17, 15) is 0 Å². The Morgan fingerprint density at radius 3 is 2.95 bits per heavy atom. The first kappa shape index (κ1) is 15.3. The summed E-state index contributed by atoms with van der Waals surface area (Å²) in [5.74, 6) is 1.43. The number of hydrogen-bond donors (Lipinski definition) is 1. The van der Waals surface area contributed by atoms with E-state index in [0.717, 1.165) is 24.7 Å². The fraction of sp³-hybridized carbons (Fsp3) is 0.688. The Morgan fingerprint density at radius 2 is 2.30 bits per heavy atom. The molecule has 1 aliphatic rings. The molecule has 2 unspecified atom stereocenters. The Morgan fingerprint density at radius 1 is 1.50 bits per heavy atom. The fourth-order valence-electron chi connectivity index (χ4n) is 3.39. The molecule has 1 aromatic heterocycles. The smallest absolute Gasteiger partial charge is 0.213 e. The maximum Gasteiger partial charge on any atom is 0.213 e. The third kappa shape index (κ3) is 3.30. The summed E-state index contributed by atoms with van der Waals surface area (Å²) >= 11 is 0. The van der Waals surface area contributed by atoms with E-state index in [-0.39, 0.29) is 5.54 Å². The maximum atomic E-state index is 6.12. The van der Waals surface area contributed by atoms with Crippen LogP contribution in [0.3, 0.4) is 0 Å². The van der Waals surface area contributed by atoms with Gasteiger partial charge in [-0.25, -0.2) is 4.98 Å². The van der Waals surface area contributed by atoms with Gasteiger partial charge in [-0.05, 0) is 31.9 Å². The molecule has 0 aromatic carbocycles. The topological polar surface area (TPSA) is 51.4 Å². The lowest BCUT2D eigenvalue weighted by molar-refractivity contribution is 0.0544. The van der Waals surface area contributed by atoms with Gasteiger partial charge in [-0.1, -0.05) is 25.8 Å². The predicted octanol–water partition coefficient (Wildman–Crippen LogP) is 2.43. The summed E-state index contributed by atoms with van der Waals surface area (Å²) in [5, 5.41) is 0. The Balaban J connectivity index is 2.10. The molecule has 4 heteroatoms. The third-order valence-electron chi connectivity index (χ3n) is 4.65. The molecule has 2 atom stereocenters. The van der Waals surface area contributed by atoms with E-state index in [4.69, 9.17) is 10.5 Å². The van der Waals surface area contributed by atoms with Gasteiger partial charge in [-0.2, -0.15) is 0 Å². The molecule has 0 amide bonds. The number of likely N-dealkylation sites (N-methyl/N-ethyl adjacent to an activating group) is 1. The van der Waals surface area contributed by atoms with Crippen LogP contribution in [0.25, 0.3) is 0 Å². The quantitative estimate of drug-likeness (QED) is 0.898. The van der Waals surface area contributed by atoms with Gasteiger partial charge in [-0.15, -0.1) is 0 Å². The van der Waals surface area contributed by atoms with Gasteiger partial charge in [0.05, 0.1) is 12.8 Å². The highest BCUT2D eigenvalue weighted by atomic mass is 16.5. The molecule has 2 rings (SSSR count). The molecule has 1 saturated carbocycles. The molecule has 0 radical (unpaired) electrons. The van der Waals surface area contributed by atoms with Crippen molar-refractivity contribution in [1.29, 1.82) is 0 Å². The third-order valence-corrected chi connectivity index (χ3v) is 4.65. The summed E-state index contributed by atoms with van der Waals surface area (Å²) in [6.07, 6.45) is 4.97. The lowest BCUT2D eigenvalue weighted by atomic mass is 9.75. The molecule has 0 spiro atoms. The second kappa shape index (κ2) is 6.55. The number of nitrogens with zero attached hydrogens (tertiary/aromatic N) is 2.